The van der Waals surface area contributed by atoms with Crippen LogP contribution in [0.25, 0.3) is 0 Å². The van der Waals surface area contributed by atoms with E-state index >= 15 is 0 Å². The van der Waals surface area contributed by atoms with Gasteiger partial charge in [0.25, 0.3) is 0 Å². The molecule has 0 atom stereocenters. The summed E-state index contributed by atoms with van der Waals surface area (Å²) in [6.07, 6.45) is 3.60. The average Bonchev–Trinajstić information content (AvgIpc) is 2.12. The molecule has 0 saturated heterocycles. The molecule has 0 aliphatic rings. The van der Waals surface area contributed by atoms with Gasteiger partial charge in [-0.15, -0.1) is 0 Å². The lowest BCUT2D eigenvalue weighted by atomic mass is 10.7. The third-order valence-electron chi connectivity index (χ3n) is 0.721. The van der Waals surface area contributed by atoms with Crippen LogP contribution in [0.3, 0.4) is 0 Å². The lowest BCUT2D eigenvalue weighted by Gasteiger charge is -1.95. The van der Waals surface area contributed by atoms with E-state index in [0.29, 0.717) is 0 Å². The van der Waals surface area contributed by atoms with E-state index in [1.54, 1.807) is 0 Å². The molecule has 56 valence electrons. The second kappa shape index (κ2) is 2.30. The Hall–Kier alpha value is -1.04. The molecule has 5 nitrogen and oxygen atoms in total. The van der Waals surface area contributed by atoms with E-state index < -0.39 is 10.1 Å². The number of aromatic amines is 1. The molecule has 1 N–H and O–H groups in total. The van der Waals surface area contributed by atoms with Gasteiger partial charge in [0.05, 0.1) is 18.6 Å². The SMILES string of the molecule is CS(=O)(=O)Oc1cn[nH]c1. The fourth-order valence-electron chi connectivity index (χ4n) is 0.459. The maximum Gasteiger partial charge on any atom is 0.306 e. The van der Waals surface area contributed by atoms with Gasteiger partial charge in [-0.2, -0.15) is 13.5 Å². The van der Waals surface area contributed by atoms with Gasteiger partial charge >= 0.3 is 10.1 Å². The Morgan fingerprint density at radius 1 is 1.70 bits per heavy atom. The Morgan fingerprint density at radius 3 is 2.80 bits per heavy atom. The molecule has 0 bridgehead atoms. The molecule has 0 fully saturated rings. The van der Waals surface area contributed by atoms with Crippen LogP contribution in [-0.4, -0.2) is 24.9 Å². The van der Waals surface area contributed by atoms with Crippen LogP contribution in [0.15, 0.2) is 12.4 Å². The van der Waals surface area contributed by atoms with Gasteiger partial charge in [-0.05, 0) is 0 Å². The molecular formula is C4H6N2O3S. The minimum atomic E-state index is -3.41. The van der Waals surface area contributed by atoms with Crippen molar-refractivity contribution in [2.75, 3.05) is 6.26 Å². The molecule has 1 aromatic heterocycles. The summed E-state index contributed by atoms with van der Waals surface area (Å²) >= 11 is 0. The molecule has 6 heteroatoms. The number of hydrogen-bond donors (Lipinski definition) is 1. The molecule has 0 aliphatic carbocycles. The van der Waals surface area contributed by atoms with Crippen molar-refractivity contribution in [1.82, 2.24) is 10.2 Å². The van der Waals surface area contributed by atoms with Crippen molar-refractivity contribution in [1.29, 1.82) is 0 Å². The maximum atomic E-state index is 10.4. The Labute approximate surface area is 58.1 Å². The molecule has 1 aromatic rings. The minimum absolute atomic E-state index is 0.197. The van der Waals surface area contributed by atoms with Gasteiger partial charge in [0, 0.05) is 0 Å². The summed E-state index contributed by atoms with van der Waals surface area (Å²) in [6.45, 7) is 0. The Kier molecular flexibility index (Phi) is 1.62. The molecule has 0 aromatic carbocycles. The number of nitrogens with zero attached hydrogens (tertiary/aromatic N) is 1. The van der Waals surface area contributed by atoms with Gasteiger partial charge in [-0.3, -0.25) is 5.10 Å². The van der Waals surface area contributed by atoms with Crippen LogP contribution in [-0.2, 0) is 10.1 Å². The van der Waals surface area contributed by atoms with Crippen molar-refractivity contribution in [2.45, 2.75) is 0 Å². The second-order valence-corrected chi connectivity index (χ2v) is 3.30. The fourth-order valence-corrected chi connectivity index (χ4v) is 0.900. The molecular weight excluding hydrogens is 156 g/mol. The molecule has 0 spiro atoms. The first-order valence-corrected chi connectivity index (χ1v) is 4.28. The third-order valence-corrected chi connectivity index (χ3v) is 1.22. The summed E-state index contributed by atoms with van der Waals surface area (Å²) in [5.41, 5.74) is 0. The van der Waals surface area contributed by atoms with E-state index in [9.17, 15) is 8.42 Å². The molecule has 0 unspecified atom stereocenters. The van der Waals surface area contributed by atoms with Crippen molar-refractivity contribution in [3.63, 3.8) is 0 Å². The van der Waals surface area contributed by atoms with E-state index in [-0.39, 0.29) is 5.75 Å². The van der Waals surface area contributed by atoms with E-state index in [1.807, 2.05) is 0 Å². The van der Waals surface area contributed by atoms with E-state index in [1.165, 1.54) is 12.4 Å². The largest absolute Gasteiger partial charge is 0.379 e. The summed E-state index contributed by atoms with van der Waals surface area (Å²) in [5.74, 6) is 0.197. The topological polar surface area (TPSA) is 72.1 Å². The van der Waals surface area contributed by atoms with Crippen LogP contribution in [0.2, 0.25) is 0 Å². The lowest BCUT2D eigenvalue weighted by molar-refractivity contribution is 0.493. The standard InChI is InChI=1S/C4H6N2O3S/c1-10(7,8)9-4-2-5-6-3-4/h2-3H,1H3,(H,5,6). The van der Waals surface area contributed by atoms with Crippen LogP contribution in [0.5, 0.6) is 5.75 Å². The van der Waals surface area contributed by atoms with Gasteiger partial charge in [0.2, 0.25) is 0 Å². The molecule has 1 rings (SSSR count). The first-order chi connectivity index (χ1) is 4.58. The van der Waals surface area contributed by atoms with Crippen LogP contribution >= 0.6 is 0 Å². The number of nitrogens with one attached hydrogen (secondary N) is 1. The summed E-state index contributed by atoms with van der Waals surface area (Å²) < 4.78 is 25.3. The van der Waals surface area contributed by atoms with Gasteiger partial charge < -0.3 is 4.18 Å². The first-order valence-electron chi connectivity index (χ1n) is 2.46. The third kappa shape index (κ3) is 2.06. The first kappa shape index (κ1) is 7.07. The normalized spacial score (nSPS) is 11.3. The van der Waals surface area contributed by atoms with Crippen molar-refractivity contribution in [3.05, 3.63) is 12.4 Å². The Morgan fingerprint density at radius 2 is 2.40 bits per heavy atom. The molecule has 0 radical (unpaired) electrons. The zero-order valence-electron chi connectivity index (χ0n) is 5.23. The predicted molar refractivity (Wildman–Crippen MR) is 34.1 cm³/mol. The highest BCUT2D eigenvalue weighted by Gasteiger charge is 2.03. The molecule has 1 heterocycles. The summed E-state index contributed by atoms with van der Waals surface area (Å²) in [6, 6.07) is 0. The summed E-state index contributed by atoms with van der Waals surface area (Å²) in [4.78, 5) is 0. The molecule has 0 amide bonds. The zero-order chi connectivity index (χ0) is 7.61. The van der Waals surface area contributed by atoms with Crippen LogP contribution in [0.1, 0.15) is 0 Å². The Bertz CT molecular complexity index is 288. The maximum absolute atomic E-state index is 10.4. The van der Waals surface area contributed by atoms with Gasteiger partial charge in [-0.25, -0.2) is 0 Å². The highest BCUT2D eigenvalue weighted by atomic mass is 32.2. The predicted octanol–water partition coefficient (Wildman–Crippen LogP) is -0.252. The van der Waals surface area contributed by atoms with E-state index in [2.05, 4.69) is 14.4 Å². The number of H-pyrrole nitrogens is 1. The smallest absolute Gasteiger partial charge is 0.306 e. The highest BCUT2D eigenvalue weighted by Crippen LogP contribution is 2.06. The Balaban J connectivity index is 2.75. The number of aromatic nitrogens is 2. The van der Waals surface area contributed by atoms with Crippen LogP contribution in [0.4, 0.5) is 0 Å². The number of rotatable bonds is 2. The van der Waals surface area contributed by atoms with E-state index in [0.717, 1.165) is 6.26 Å². The average molecular weight is 162 g/mol. The zero-order valence-corrected chi connectivity index (χ0v) is 6.05. The molecule has 0 saturated carbocycles. The molecule has 10 heavy (non-hydrogen) atoms. The number of hydrogen-bond acceptors (Lipinski definition) is 4. The van der Waals surface area contributed by atoms with Crippen molar-refractivity contribution in [3.8, 4) is 5.75 Å². The lowest BCUT2D eigenvalue weighted by Crippen LogP contribution is -2.04. The van der Waals surface area contributed by atoms with Gasteiger partial charge in [-0.1, -0.05) is 0 Å². The van der Waals surface area contributed by atoms with Gasteiger partial charge in [0.15, 0.2) is 5.75 Å². The summed E-state index contributed by atoms with van der Waals surface area (Å²) in [7, 11) is -3.41. The van der Waals surface area contributed by atoms with E-state index in [4.69, 9.17) is 0 Å². The van der Waals surface area contributed by atoms with Gasteiger partial charge in [0.1, 0.15) is 0 Å². The quantitative estimate of drug-likeness (QED) is 0.608. The van der Waals surface area contributed by atoms with Crippen molar-refractivity contribution in [2.24, 2.45) is 0 Å². The van der Waals surface area contributed by atoms with Crippen LogP contribution in [0, 0.1) is 0 Å². The molecule has 0 aliphatic heterocycles. The second-order valence-electron chi connectivity index (χ2n) is 1.72. The highest BCUT2D eigenvalue weighted by molar-refractivity contribution is 7.86. The minimum Gasteiger partial charge on any atom is -0.379 e. The fraction of sp³-hybridized carbons (Fsp3) is 0.250. The summed E-state index contributed by atoms with van der Waals surface area (Å²) in [5, 5.41) is 5.90. The monoisotopic (exact) mass is 162 g/mol. The van der Waals surface area contributed by atoms with Crippen molar-refractivity contribution < 1.29 is 12.6 Å². The van der Waals surface area contributed by atoms with Crippen molar-refractivity contribution >= 4 is 10.1 Å². The van der Waals surface area contributed by atoms with Crippen LogP contribution < -0.4 is 4.18 Å².